The van der Waals surface area contributed by atoms with E-state index in [0.717, 1.165) is 11.1 Å². The summed E-state index contributed by atoms with van der Waals surface area (Å²) in [4.78, 5) is 24.7. The third-order valence-electron chi connectivity index (χ3n) is 4.83. The lowest BCUT2D eigenvalue weighted by Crippen LogP contribution is -2.51. The second-order valence-electron chi connectivity index (χ2n) is 7.30. The lowest BCUT2D eigenvalue weighted by atomic mass is 10.0. The van der Waals surface area contributed by atoms with Gasteiger partial charge in [0.1, 0.15) is 18.1 Å². The molecule has 3 aromatic carbocycles. The van der Waals surface area contributed by atoms with Gasteiger partial charge in [0.05, 0.1) is 10.9 Å². The number of sulfonamides is 1. The predicted molar refractivity (Wildman–Crippen MR) is 121 cm³/mol. The quantitative estimate of drug-likeness (QED) is 0.408. The summed E-state index contributed by atoms with van der Waals surface area (Å²) in [6.07, 6.45) is 0.929. The first-order valence-electron chi connectivity index (χ1n) is 10.0. The molecule has 0 aliphatic heterocycles. The first-order valence-corrected chi connectivity index (χ1v) is 11.5. The van der Waals surface area contributed by atoms with E-state index in [4.69, 9.17) is 0 Å². The summed E-state index contributed by atoms with van der Waals surface area (Å²) in [5.74, 6) is -0.511. The zero-order valence-electron chi connectivity index (χ0n) is 17.2. The number of phenols is 1. The van der Waals surface area contributed by atoms with Gasteiger partial charge in [0.2, 0.25) is 15.9 Å². The number of carbonyl (C=O) groups is 2. The highest BCUT2D eigenvalue weighted by atomic mass is 32.2. The number of phenolic OH excluding ortho intramolecular Hbond substituents is 1. The Balaban J connectivity index is 1.78. The number of rotatable bonds is 10. The topological polar surface area (TPSA) is 113 Å². The Morgan fingerprint density at radius 1 is 0.844 bits per heavy atom. The lowest BCUT2D eigenvalue weighted by molar-refractivity contribution is -0.125. The summed E-state index contributed by atoms with van der Waals surface area (Å²) in [7, 11) is -3.96. The maximum absolute atomic E-state index is 13.0. The van der Waals surface area contributed by atoms with E-state index in [1.54, 1.807) is 54.6 Å². The van der Waals surface area contributed by atoms with Gasteiger partial charge < -0.3 is 15.2 Å². The van der Waals surface area contributed by atoms with Crippen molar-refractivity contribution in [3.8, 4) is 5.75 Å². The van der Waals surface area contributed by atoms with E-state index >= 15 is 0 Å². The van der Waals surface area contributed by atoms with Crippen molar-refractivity contribution in [2.75, 3.05) is 0 Å². The van der Waals surface area contributed by atoms with Gasteiger partial charge in [-0.15, -0.1) is 0 Å². The van der Waals surface area contributed by atoms with Crippen molar-refractivity contribution < 1.29 is 23.1 Å². The number of hydrogen-bond acceptors (Lipinski definition) is 5. The van der Waals surface area contributed by atoms with Gasteiger partial charge in [0.15, 0.2) is 0 Å². The fraction of sp³-hybridized carbons (Fsp3) is 0.167. The Kier molecular flexibility index (Phi) is 7.75. The van der Waals surface area contributed by atoms with Crippen molar-refractivity contribution in [2.24, 2.45) is 0 Å². The summed E-state index contributed by atoms with van der Waals surface area (Å²) in [5.41, 5.74) is 1.51. The third-order valence-corrected chi connectivity index (χ3v) is 6.32. The van der Waals surface area contributed by atoms with Gasteiger partial charge in [-0.25, -0.2) is 8.42 Å². The number of carbonyl (C=O) groups excluding carboxylic acids is 2. The fourth-order valence-corrected chi connectivity index (χ4v) is 4.41. The molecule has 0 saturated heterocycles. The highest BCUT2D eigenvalue weighted by molar-refractivity contribution is 7.89. The lowest BCUT2D eigenvalue weighted by Gasteiger charge is -2.21. The number of hydrogen-bond donors (Lipinski definition) is 3. The summed E-state index contributed by atoms with van der Waals surface area (Å²) in [5, 5.41) is 12.0. The molecule has 0 heterocycles. The van der Waals surface area contributed by atoms with E-state index in [-0.39, 0.29) is 23.5 Å². The SMILES string of the molecule is O=C[C@H](Cc1ccc(O)cc1)NC(=O)[C@H](Cc1ccccc1)NS(=O)(=O)c1ccccc1. The summed E-state index contributed by atoms with van der Waals surface area (Å²) in [6.45, 7) is 0. The molecule has 8 heteroatoms. The maximum Gasteiger partial charge on any atom is 0.241 e. The number of nitrogens with one attached hydrogen (secondary N) is 2. The standard InChI is InChI=1S/C24H24N2O5S/c27-17-20(15-19-11-13-21(28)14-12-19)25-24(29)23(16-18-7-3-1-4-8-18)26-32(30,31)22-9-5-2-6-10-22/h1-14,17,20,23,26,28H,15-16H2,(H,25,29)/t20-,23-/m0/s1. The number of aldehydes is 1. The molecule has 0 aliphatic carbocycles. The number of benzene rings is 3. The molecule has 0 bridgehead atoms. The Bertz CT molecular complexity index is 1130. The number of amides is 1. The van der Waals surface area contributed by atoms with Crippen LogP contribution < -0.4 is 10.0 Å². The van der Waals surface area contributed by atoms with Crippen LogP contribution in [0.1, 0.15) is 11.1 Å². The van der Waals surface area contributed by atoms with Crippen LogP contribution in [0.2, 0.25) is 0 Å². The average Bonchev–Trinajstić information content (AvgIpc) is 2.80. The molecule has 3 rings (SSSR count). The average molecular weight is 453 g/mol. The van der Waals surface area contributed by atoms with E-state index in [9.17, 15) is 23.1 Å². The van der Waals surface area contributed by atoms with Crippen molar-refractivity contribution in [3.63, 3.8) is 0 Å². The highest BCUT2D eigenvalue weighted by Gasteiger charge is 2.27. The molecule has 1 amide bonds. The predicted octanol–water partition coefficient (Wildman–Crippen LogP) is 2.21. The molecule has 0 saturated carbocycles. The van der Waals surface area contributed by atoms with Crippen LogP contribution in [0.4, 0.5) is 0 Å². The van der Waals surface area contributed by atoms with E-state index in [2.05, 4.69) is 10.0 Å². The van der Waals surface area contributed by atoms with Crippen molar-refractivity contribution in [2.45, 2.75) is 29.8 Å². The second-order valence-corrected chi connectivity index (χ2v) is 9.01. The van der Waals surface area contributed by atoms with Gasteiger partial charge in [0.25, 0.3) is 0 Å². The molecule has 7 nitrogen and oxygen atoms in total. The molecule has 0 unspecified atom stereocenters. The van der Waals surface area contributed by atoms with E-state index in [0.29, 0.717) is 6.29 Å². The van der Waals surface area contributed by atoms with E-state index in [1.807, 2.05) is 6.07 Å². The van der Waals surface area contributed by atoms with Crippen LogP contribution in [0.3, 0.4) is 0 Å². The molecule has 3 aromatic rings. The smallest absolute Gasteiger partial charge is 0.241 e. The summed E-state index contributed by atoms with van der Waals surface area (Å²) >= 11 is 0. The summed E-state index contributed by atoms with van der Waals surface area (Å²) in [6, 6.07) is 21.1. The maximum atomic E-state index is 13.0. The molecule has 166 valence electrons. The monoisotopic (exact) mass is 452 g/mol. The minimum absolute atomic E-state index is 0.0434. The summed E-state index contributed by atoms with van der Waals surface area (Å²) < 4.78 is 28.1. The molecule has 0 spiro atoms. The largest absolute Gasteiger partial charge is 0.508 e. The normalized spacial score (nSPS) is 13.1. The van der Waals surface area contributed by atoms with Gasteiger partial charge in [-0.3, -0.25) is 4.79 Å². The molecule has 3 N–H and O–H groups in total. The van der Waals surface area contributed by atoms with E-state index < -0.39 is 28.0 Å². The van der Waals surface area contributed by atoms with E-state index in [1.165, 1.54) is 24.3 Å². The van der Waals surface area contributed by atoms with Crippen LogP contribution in [0, 0.1) is 0 Å². The van der Waals surface area contributed by atoms with Crippen LogP contribution >= 0.6 is 0 Å². The van der Waals surface area contributed by atoms with Gasteiger partial charge in [0, 0.05) is 0 Å². The Morgan fingerprint density at radius 2 is 1.41 bits per heavy atom. The molecule has 32 heavy (non-hydrogen) atoms. The first-order chi connectivity index (χ1) is 15.4. The van der Waals surface area contributed by atoms with Crippen LogP contribution in [0.25, 0.3) is 0 Å². The Morgan fingerprint density at radius 3 is 2.00 bits per heavy atom. The zero-order chi connectivity index (χ0) is 23.0. The van der Waals surface area contributed by atoms with Crippen LogP contribution in [0.5, 0.6) is 5.75 Å². The Labute approximate surface area is 187 Å². The van der Waals surface area contributed by atoms with Crippen molar-refractivity contribution >= 4 is 22.2 Å². The molecule has 0 aliphatic rings. The zero-order valence-corrected chi connectivity index (χ0v) is 18.0. The van der Waals surface area contributed by atoms with Crippen LogP contribution in [0.15, 0.2) is 89.8 Å². The molecule has 2 atom stereocenters. The second kappa shape index (κ2) is 10.7. The molecular formula is C24H24N2O5S. The van der Waals surface area contributed by atoms with Gasteiger partial charge in [-0.1, -0.05) is 60.7 Å². The fourth-order valence-electron chi connectivity index (χ4n) is 3.20. The van der Waals surface area contributed by atoms with Crippen molar-refractivity contribution in [3.05, 3.63) is 96.1 Å². The van der Waals surface area contributed by atoms with Crippen LogP contribution in [-0.4, -0.2) is 37.8 Å². The van der Waals surface area contributed by atoms with Crippen LogP contribution in [-0.2, 0) is 32.5 Å². The Hall–Kier alpha value is -3.49. The first kappa shape index (κ1) is 23.2. The van der Waals surface area contributed by atoms with Crippen molar-refractivity contribution in [1.82, 2.24) is 10.0 Å². The minimum atomic E-state index is -3.96. The third kappa shape index (κ3) is 6.50. The minimum Gasteiger partial charge on any atom is -0.508 e. The van der Waals surface area contributed by atoms with Gasteiger partial charge >= 0.3 is 0 Å². The van der Waals surface area contributed by atoms with Gasteiger partial charge in [-0.2, -0.15) is 4.72 Å². The highest BCUT2D eigenvalue weighted by Crippen LogP contribution is 2.13. The molecule has 0 aromatic heterocycles. The molecular weight excluding hydrogens is 428 g/mol. The van der Waals surface area contributed by atoms with Gasteiger partial charge in [-0.05, 0) is 48.2 Å². The molecule has 0 fully saturated rings. The molecule has 0 radical (unpaired) electrons. The van der Waals surface area contributed by atoms with Crippen molar-refractivity contribution in [1.29, 1.82) is 0 Å². The number of aromatic hydroxyl groups is 1.